The van der Waals surface area contributed by atoms with Crippen LogP contribution >= 0.6 is 0 Å². The van der Waals surface area contributed by atoms with Crippen LogP contribution in [0.2, 0.25) is 0 Å². The number of carbonyl (C=O) groups excluding carboxylic acids is 1. The van der Waals surface area contributed by atoms with Gasteiger partial charge < -0.3 is 15.4 Å². The van der Waals surface area contributed by atoms with Crippen LogP contribution in [-0.2, 0) is 21.4 Å². The van der Waals surface area contributed by atoms with Crippen molar-refractivity contribution in [1.29, 1.82) is 0 Å². The number of carbonyl (C=O) groups is 1. The van der Waals surface area contributed by atoms with Gasteiger partial charge in [0.1, 0.15) is 0 Å². The fraction of sp³-hybridized carbons (Fsp3) is 0.692. The molecule has 1 amide bonds. The van der Waals surface area contributed by atoms with Gasteiger partial charge in [-0.15, -0.1) is 0 Å². The molecule has 134 valence electrons. The molecule has 1 N–H and O–H groups in total. The van der Waals surface area contributed by atoms with Crippen molar-refractivity contribution in [3.63, 3.8) is 0 Å². The van der Waals surface area contributed by atoms with Crippen LogP contribution < -0.4 is 5.32 Å². The Morgan fingerprint density at radius 2 is 2.08 bits per heavy atom. The molecule has 0 radical (unpaired) electrons. The summed E-state index contributed by atoms with van der Waals surface area (Å²) in [7, 11) is -3.20. The van der Waals surface area contributed by atoms with Gasteiger partial charge >= 0.3 is 5.82 Å². The highest BCUT2D eigenvalue weighted by Crippen LogP contribution is 2.19. The Hall–Kier alpha value is -2.01. The molecule has 2 rings (SSSR count). The number of aryl methyl sites for hydroxylation is 1. The molecule has 2 heterocycles. The number of rotatable bonds is 6. The normalized spacial score (nSPS) is 16.9. The molecule has 0 aromatic carbocycles. The fourth-order valence-corrected chi connectivity index (χ4v) is 3.56. The minimum absolute atomic E-state index is 0.123. The molecule has 0 unspecified atom stereocenters. The first-order valence-electron chi connectivity index (χ1n) is 7.60. The summed E-state index contributed by atoms with van der Waals surface area (Å²) in [5.41, 5.74) is 0.650. The summed E-state index contributed by atoms with van der Waals surface area (Å²) < 4.78 is 25.7. The van der Waals surface area contributed by atoms with Crippen LogP contribution in [-0.4, -0.2) is 59.2 Å². The highest BCUT2D eigenvalue weighted by Gasteiger charge is 2.28. The SMILES string of the molecule is Cc1cc([N+](=O)[O-])nn1CCNC(=O)C1CCN(S(C)(=O)=O)CC1. The second kappa shape index (κ2) is 7.26. The molecule has 11 heteroatoms. The zero-order chi connectivity index (χ0) is 17.9. The van der Waals surface area contributed by atoms with E-state index >= 15 is 0 Å². The quantitative estimate of drug-likeness (QED) is 0.557. The maximum absolute atomic E-state index is 12.1. The molecule has 1 aliphatic heterocycles. The highest BCUT2D eigenvalue weighted by molar-refractivity contribution is 7.88. The highest BCUT2D eigenvalue weighted by atomic mass is 32.2. The Balaban J connectivity index is 1.79. The Morgan fingerprint density at radius 3 is 2.58 bits per heavy atom. The maximum atomic E-state index is 12.1. The van der Waals surface area contributed by atoms with Crippen molar-refractivity contribution in [2.45, 2.75) is 26.3 Å². The molecular formula is C13H21N5O5S. The van der Waals surface area contributed by atoms with Crippen LogP contribution in [0.25, 0.3) is 0 Å². The summed E-state index contributed by atoms with van der Waals surface area (Å²) in [6, 6.07) is 1.38. The van der Waals surface area contributed by atoms with E-state index in [1.165, 1.54) is 21.3 Å². The van der Waals surface area contributed by atoms with E-state index in [2.05, 4.69) is 10.4 Å². The second-order valence-corrected chi connectivity index (χ2v) is 7.83. The predicted molar refractivity (Wildman–Crippen MR) is 85.8 cm³/mol. The van der Waals surface area contributed by atoms with E-state index in [1.807, 2.05) is 0 Å². The van der Waals surface area contributed by atoms with Gasteiger partial charge in [-0.25, -0.2) is 12.7 Å². The second-order valence-electron chi connectivity index (χ2n) is 5.85. The Bertz CT molecular complexity index is 721. The van der Waals surface area contributed by atoms with Crippen molar-refractivity contribution in [3.8, 4) is 0 Å². The predicted octanol–water partition coefficient (Wildman–Crippen LogP) is -0.112. The molecule has 0 spiro atoms. The molecule has 0 bridgehead atoms. The largest absolute Gasteiger partial charge is 0.390 e. The van der Waals surface area contributed by atoms with Crippen LogP contribution in [0.5, 0.6) is 0 Å². The van der Waals surface area contributed by atoms with Crippen LogP contribution in [0.4, 0.5) is 5.82 Å². The van der Waals surface area contributed by atoms with E-state index in [4.69, 9.17) is 0 Å². The molecule has 1 aromatic heterocycles. The first kappa shape index (κ1) is 18.3. The van der Waals surface area contributed by atoms with Gasteiger partial charge in [-0.3, -0.25) is 4.79 Å². The lowest BCUT2D eigenvalue weighted by Crippen LogP contribution is -2.43. The average molecular weight is 359 g/mol. The number of hydrogen-bond acceptors (Lipinski definition) is 6. The standard InChI is InChI=1S/C13H21N5O5S/c1-10-9-12(18(20)21)15-17(10)8-5-14-13(19)11-3-6-16(7-4-11)24(2,22)23/h9,11H,3-8H2,1-2H3,(H,14,19). The van der Waals surface area contributed by atoms with Crippen molar-refractivity contribution in [2.24, 2.45) is 5.92 Å². The lowest BCUT2D eigenvalue weighted by Gasteiger charge is -2.29. The third-order valence-corrected chi connectivity index (χ3v) is 5.38. The van der Waals surface area contributed by atoms with Crippen LogP contribution in [0.15, 0.2) is 6.07 Å². The third-order valence-electron chi connectivity index (χ3n) is 4.07. The Labute approximate surface area is 140 Å². The van der Waals surface area contributed by atoms with Crippen molar-refractivity contribution in [1.82, 2.24) is 19.4 Å². The first-order chi connectivity index (χ1) is 11.2. The number of sulfonamides is 1. The van der Waals surface area contributed by atoms with Crippen molar-refractivity contribution >= 4 is 21.7 Å². The number of piperidine rings is 1. The van der Waals surface area contributed by atoms with E-state index in [1.54, 1.807) is 6.92 Å². The van der Waals surface area contributed by atoms with Crippen LogP contribution in [0.3, 0.4) is 0 Å². The van der Waals surface area contributed by atoms with Crippen molar-refractivity contribution in [3.05, 3.63) is 21.9 Å². The summed E-state index contributed by atoms with van der Waals surface area (Å²) in [6.07, 6.45) is 2.15. The summed E-state index contributed by atoms with van der Waals surface area (Å²) >= 11 is 0. The molecular weight excluding hydrogens is 338 g/mol. The molecule has 24 heavy (non-hydrogen) atoms. The summed E-state index contributed by atoms with van der Waals surface area (Å²) in [4.78, 5) is 22.2. The Morgan fingerprint density at radius 1 is 1.46 bits per heavy atom. The van der Waals surface area contributed by atoms with Gasteiger partial charge in [-0.1, -0.05) is 0 Å². The van der Waals surface area contributed by atoms with Gasteiger partial charge in [-0.05, 0) is 24.7 Å². The lowest BCUT2D eigenvalue weighted by molar-refractivity contribution is -0.389. The molecule has 1 aliphatic rings. The number of nitro groups is 1. The van der Waals surface area contributed by atoms with Gasteiger partial charge in [-0.2, -0.15) is 4.68 Å². The Kier molecular flexibility index (Phi) is 5.54. The van der Waals surface area contributed by atoms with Crippen LogP contribution in [0, 0.1) is 23.0 Å². The topological polar surface area (TPSA) is 127 Å². The molecule has 0 aliphatic carbocycles. The van der Waals surface area contributed by atoms with Crippen molar-refractivity contribution in [2.75, 3.05) is 25.9 Å². The van der Waals surface area contributed by atoms with E-state index in [0.717, 1.165) is 0 Å². The molecule has 10 nitrogen and oxygen atoms in total. The van der Waals surface area contributed by atoms with Gasteiger partial charge in [0, 0.05) is 25.6 Å². The molecule has 0 atom stereocenters. The van der Waals surface area contributed by atoms with Gasteiger partial charge in [0.05, 0.1) is 29.7 Å². The number of amides is 1. The molecule has 0 saturated carbocycles. The van der Waals surface area contributed by atoms with Gasteiger partial charge in [0.15, 0.2) is 0 Å². The summed E-state index contributed by atoms with van der Waals surface area (Å²) in [5.74, 6) is -0.550. The number of hydrogen-bond donors (Lipinski definition) is 1. The third kappa shape index (κ3) is 4.51. The van der Waals surface area contributed by atoms with E-state index in [0.29, 0.717) is 44.7 Å². The smallest absolute Gasteiger partial charge is 0.358 e. The van der Waals surface area contributed by atoms with Crippen LogP contribution in [0.1, 0.15) is 18.5 Å². The number of nitrogens with one attached hydrogen (secondary N) is 1. The maximum Gasteiger partial charge on any atom is 0.390 e. The van der Waals surface area contributed by atoms with Gasteiger partial charge in [0.2, 0.25) is 15.9 Å². The van der Waals surface area contributed by atoms with E-state index in [9.17, 15) is 23.3 Å². The summed E-state index contributed by atoms with van der Waals surface area (Å²) in [6.45, 7) is 3.06. The minimum atomic E-state index is -3.20. The van der Waals surface area contributed by atoms with Gasteiger partial charge in [0.25, 0.3) is 0 Å². The number of aromatic nitrogens is 2. The fourth-order valence-electron chi connectivity index (χ4n) is 2.69. The molecule has 1 saturated heterocycles. The molecule has 1 fully saturated rings. The van der Waals surface area contributed by atoms with E-state index in [-0.39, 0.29) is 17.6 Å². The number of nitrogens with zero attached hydrogens (tertiary/aromatic N) is 4. The lowest BCUT2D eigenvalue weighted by atomic mass is 9.97. The molecule has 1 aromatic rings. The van der Waals surface area contributed by atoms with Crippen molar-refractivity contribution < 1.29 is 18.1 Å². The van der Waals surface area contributed by atoms with E-state index < -0.39 is 14.9 Å². The zero-order valence-corrected chi connectivity index (χ0v) is 14.5. The first-order valence-corrected chi connectivity index (χ1v) is 9.45. The monoisotopic (exact) mass is 359 g/mol. The average Bonchev–Trinajstić information content (AvgIpc) is 2.88. The minimum Gasteiger partial charge on any atom is -0.358 e. The summed E-state index contributed by atoms with van der Waals surface area (Å²) in [5, 5.41) is 17.3. The zero-order valence-electron chi connectivity index (χ0n) is 13.6.